The third-order valence-corrected chi connectivity index (χ3v) is 3.96. The van der Waals surface area contributed by atoms with Crippen molar-refractivity contribution >= 4 is 11.0 Å². The van der Waals surface area contributed by atoms with Gasteiger partial charge in [0.2, 0.25) is 0 Å². The zero-order valence-electron chi connectivity index (χ0n) is 12.0. The Bertz CT molecular complexity index is 655. The second-order valence-electron chi connectivity index (χ2n) is 5.61. The van der Waals surface area contributed by atoms with E-state index in [0.29, 0.717) is 29.5 Å². The van der Waals surface area contributed by atoms with Crippen molar-refractivity contribution in [3.05, 3.63) is 22.9 Å². The topological polar surface area (TPSA) is 64.7 Å². The molecular weight excluding hydrogens is 254 g/mol. The van der Waals surface area contributed by atoms with Crippen molar-refractivity contribution in [3.63, 3.8) is 0 Å². The van der Waals surface area contributed by atoms with Gasteiger partial charge in [0.1, 0.15) is 11.7 Å². The minimum Gasteiger partial charge on any atom is -0.312 e. The molecule has 1 saturated carbocycles. The maximum atomic E-state index is 12.4. The average molecular weight is 275 g/mol. The third-order valence-electron chi connectivity index (χ3n) is 3.96. The maximum Gasteiger partial charge on any atom is 0.264 e. The van der Waals surface area contributed by atoms with Crippen LogP contribution in [-0.2, 0) is 13.6 Å². The number of fused-ring (bicyclic) bond motifs is 1. The lowest BCUT2D eigenvalue weighted by atomic mass is 10.2. The van der Waals surface area contributed by atoms with Gasteiger partial charge in [-0.15, -0.1) is 0 Å². The van der Waals surface area contributed by atoms with Crippen LogP contribution in [0.5, 0.6) is 0 Å². The van der Waals surface area contributed by atoms with E-state index < -0.39 is 0 Å². The van der Waals surface area contributed by atoms with Gasteiger partial charge in [0, 0.05) is 19.6 Å². The molecule has 0 aromatic carbocycles. The highest BCUT2D eigenvalue weighted by atomic mass is 16.1. The van der Waals surface area contributed by atoms with Crippen LogP contribution in [0.3, 0.4) is 0 Å². The first-order valence-corrected chi connectivity index (χ1v) is 7.31. The summed E-state index contributed by atoms with van der Waals surface area (Å²) in [4.78, 5) is 16.8. The van der Waals surface area contributed by atoms with Crippen LogP contribution in [0, 0.1) is 5.92 Å². The summed E-state index contributed by atoms with van der Waals surface area (Å²) >= 11 is 0. The summed E-state index contributed by atoms with van der Waals surface area (Å²) in [6, 6.07) is 0.378. The van der Waals surface area contributed by atoms with E-state index in [1.165, 1.54) is 12.8 Å². The van der Waals surface area contributed by atoms with E-state index in [4.69, 9.17) is 0 Å². The Labute approximate surface area is 117 Å². The molecule has 2 aromatic rings. The fraction of sp³-hybridized carbons (Fsp3) is 0.643. The van der Waals surface area contributed by atoms with Gasteiger partial charge in [-0.1, -0.05) is 6.92 Å². The first kappa shape index (κ1) is 13.3. The molecule has 3 rings (SSSR count). The smallest absolute Gasteiger partial charge is 0.264 e. The average Bonchev–Trinajstić information content (AvgIpc) is 3.22. The maximum absolute atomic E-state index is 12.4. The summed E-state index contributed by atoms with van der Waals surface area (Å²) in [5.74, 6) is 0.707. The molecule has 1 N–H and O–H groups in total. The molecule has 2 aromatic heterocycles. The van der Waals surface area contributed by atoms with E-state index in [1.807, 2.05) is 0 Å². The van der Waals surface area contributed by atoms with Crippen LogP contribution in [0.2, 0.25) is 0 Å². The van der Waals surface area contributed by atoms with Crippen molar-refractivity contribution < 1.29 is 0 Å². The monoisotopic (exact) mass is 275 g/mol. The molecule has 20 heavy (non-hydrogen) atoms. The van der Waals surface area contributed by atoms with Crippen LogP contribution in [0.4, 0.5) is 0 Å². The standard InChI is InChI=1S/C14H21N5O/c1-3-6-15-12(10-4-5-10)8-19-9-16-13-11(14(19)20)7-17-18(13)2/h7,9-10,12,15H,3-6,8H2,1-2H3. The minimum atomic E-state index is 0.00653. The summed E-state index contributed by atoms with van der Waals surface area (Å²) in [6.07, 6.45) is 6.89. The molecule has 2 heterocycles. The molecule has 0 amide bonds. The molecule has 1 aliphatic carbocycles. The quantitative estimate of drug-likeness (QED) is 0.851. The van der Waals surface area contributed by atoms with Gasteiger partial charge in [-0.05, 0) is 31.7 Å². The number of hydrogen-bond donors (Lipinski definition) is 1. The normalized spacial score (nSPS) is 16.7. The van der Waals surface area contributed by atoms with Gasteiger partial charge in [0.15, 0.2) is 5.65 Å². The molecule has 6 heteroatoms. The number of aryl methyl sites for hydroxylation is 1. The van der Waals surface area contributed by atoms with Gasteiger partial charge in [0.25, 0.3) is 5.56 Å². The molecule has 1 unspecified atom stereocenters. The van der Waals surface area contributed by atoms with Gasteiger partial charge in [-0.2, -0.15) is 5.10 Å². The van der Waals surface area contributed by atoms with Crippen LogP contribution in [-0.4, -0.2) is 31.9 Å². The van der Waals surface area contributed by atoms with E-state index >= 15 is 0 Å². The van der Waals surface area contributed by atoms with Gasteiger partial charge in [-0.25, -0.2) is 4.98 Å². The zero-order valence-corrected chi connectivity index (χ0v) is 12.0. The molecule has 1 atom stereocenters. The third kappa shape index (κ3) is 2.47. The summed E-state index contributed by atoms with van der Waals surface area (Å²) in [5, 5.41) is 8.25. The summed E-state index contributed by atoms with van der Waals surface area (Å²) in [7, 11) is 1.80. The summed E-state index contributed by atoms with van der Waals surface area (Å²) < 4.78 is 3.35. The molecule has 0 bridgehead atoms. The molecule has 0 radical (unpaired) electrons. The van der Waals surface area contributed by atoms with E-state index in [9.17, 15) is 4.79 Å². The number of nitrogens with zero attached hydrogens (tertiary/aromatic N) is 4. The fourth-order valence-electron chi connectivity index (χ4n) is 2.62. The Kier molecular flexibility index (Phi) is 3.56. The van der Waals surface area contributed by atoms with Gasteiger partial charge >= 0.3 is 0 Å². The lowest BCUT2D eigenvalue weighted by Crippen LogP contribution is -2.38. The fourth-order valence-corrected chi connectivity index (χ4v) is 2.62. The lowest BCUT2D eigenvalue weighted by Gasteiger charge is -2.18. The molecule has 6 nitrogen and oxygen atoms in total. The largest absolute Gasteiger partial charge is 0.312 e. The molecule has 0 aliphatic heterocycles. The van der Waals surface area contributed by atoms with E-state index in [1.54, 1.807) is 28.8 Å². The van der Waals surface area contributed by atoms with Gasteiger partial charge in [0.05, 0.1) is 6.20 Å². The van der Waals surface area contributed by atoms with Crippen molar-refractivity contribution in [2.75, 3.05) is 6.54 Å². The van der Waals surface area contributed by atoms with Crippen molar-refractivity contribution in [3.8, 4) is 0 Å². The number of aromatic nitrogens is 4. The molecule has 0 saturated heterocycles. The Morgan fingerprint density at radius 1 is 1.50 bits per heavy atom. The van der Waals surface area contributed by atoms with E-state index in [2.05, 4.69) is 22.3 Å². The Hall–Kier alpha value is -1.69. The van der Waals surface area contributed by atoms with Gasteiger partial charge in [-0.3, -0.25) is 14.0 Å². The zero-order chi connectivity index (χ0) is 14.1. The molecular formula is C14H21N5O. The summed E-state index contributed by atoms with van der Waals surface area (Å²) in [6.45, 7) is 3.85. The highest BCUT2D eigenvalue weighted by molar-refractivity contribution is 5.72. The van der Waals surface area contributed by atoms with Crippen LogP contribution in [0.15, 0.2) is 17.3 Å². The minimum absolute atomic E-state index is 0.00653. The SMILES string of the molecule is CCCNC(Cn1cnc2c(cnn2C)c1=O)C1CC1. The Morgan fingerprint density at radius 3 is 3.00 bits per heavy atom. The highest BCUT2D eigenvalue weighted by Crippen LogP contribution is 2.33. The predicted octanol–water partition coefficient (Wildman–Crippen LogP) is 0.908. The van der Waals surface area contributed by atoms with Crippen molar-refractivity contribution in [2.45, 2.75) is 38.8 Å². The van der Waals surface area contributed by atoms with Crippen LogP contribution in [0.25, 0.3) is 11.0 Å². The lowest BCUT2D eigenvalue weighted by molar-refractivity contribution is 0.401. The first-order chi connectivity index (χ1) is 9.70. The number of nitrogens with one attached hydrogen (secondary N) is 1. The Balaban J connectivity index is 1.85. The predicted molar refractivity (Wildman–Crippen MR) is 77.6 cm³/mol. The molecule has 1 aliphatic rings. The van der Waals surface area contributed by atoms with Gasteiger partial charge < -0.3 is 5.32 Å². The second kappa shape index (κ2) is 5.36. The van der Waals surface area contributed by atoms with Crippen molar-refractivity contribution in [1.29, 1.82) is 0 Å². The Morgan fingerprint density at radius 2 is 2.30 bits per heavy atom. The van der Waals surface area contributed by atoms with E-state index in [-0.39, 0.29) is 5.56 Å². The molecule has 0 spiro atoms. The molecule has 108 valence electrons. The second-order valence-corrected chi connectivity index (χ2v) is 5.61. The number of hydrogen-bond acceptors (Lipinski definition) is 4. The van der Waals surface area contributed by atoms with Crippen molar-refractivity contribution in [1.82, 2.24) is 24.6 Å². The van der Waals surface area contributed by atoms with Crippen LogP contribution in [0.1, 0.15) is 26.2 Å². The highest BCUT2D eigenvalue weighted by Gasteiger charge is 2.31. The van der Waals surface area contributed by atoms with Crippen LogP contribution < -0.4 is 10.9 Å². The molecule has 1 fully saturated rings. The first-order valence-electron chi connectivity index (χ1n) is 7.31. The summed E-state index contributed by atoms with van der Waals surface area (Å²) in [5.41, 5.74) is 0.655. The number of rotatable bonds is 6. The van der Waals surface area contributed by atoms with Crippen molar-refractivity contribution in [2.24, 2.45) is 13.0 Å². The van der Waals surface area contributed by atoms with Crippen LogP contribution >= 0.6 is 0 Å². The van der Waals surface area contributed by atoms with E-state index in [0.717, 1.165) is 13.0 Å².